The molecule has 0 atom stereocenters. The first-order chi connectivity index (χ1) is 8.83. The third-order valence-corrected chi connectivity index (χ3v) is 2.29. The lowest BCUT2D eigenvalue weighted by molar-refractivity contribution is -0.325. The molecule has 0 aliphatic rings. The first kappa shape index (κ1) is 15.5. The van der Waals surface area contributed by atoms with Gasteiger partial charge in [-0.2, -0.15) is 0 Å². The molecule has 8 heteroatoms. The molecule has 0 aliphatic carbocycles. The van der Waals surface area contributed by atoms with Gasteiger partial charge in [-0.1, -0.05) is 12.2 Å². The van der Waals surface area contributed by atoms with Crippen LogP contribution in [0.2, 0.25) is 0 Å². The predicted octanol–water partition coefficient (Wildman–Crippen LogP) is 2.24. The van der Waals surface area contributed by atoms with E-state index in [2.05, 4.69) is 4.74 Å². The van der Waals surface area contributed by atoms with Crippen molar-refractivity contribution in [3.8, 4) is 11.5 Å². The number of thiocarbonyl (C=S) groups is 1. The van der Waals surface area contributed by atoms with E-state index >= 15 is 0 Å². The van der Waals surface area contributed by atoms with Crippen molar-refractivity contribution in [1.82, 2.24) is 0 Å². The molecule has 0 aliphatic heterocycles. The predicted molar refractivity (Wildman–Crippen MR) is 66.4 cm³/mol. The van der Waals surface area contributed by atoms with E-state index in [4.69, 9.17) is 27.4 Å². The summed E-state index contributed by atoms with van der Waals surface area (Å²) in [4.78, 5) is 0.185. The van der Waals surface area contributed by atoms with E-state index in [-0.39, 0.29) is 17.3 Å². The number of hydrogen-bond acceptors (Lipinski definition) is 4. The van der Waals surface area contributed by atoms with Crippen molar-refractivity contribution in [3.63, 3.8) is 0 Å². The van der Waals surface area contributed by atoms with Gasteiger partial charge < -0.3 is 15.2 Å². The first-order valence-corrected chi connectivity index (χ1v) is 5.55. The van der Waals surface area contributed by atoms with E-state index in [9.17, 15) is 13.2 Å². The number of ether oxygens (including phenoxy) is 3. The minimum atomic E-state index is -4.66. The van der Waals surface area contributed by atoms with Crippen LogP contribution in [0.25, 0.3) is 0 Å². The Kier molecular flexibility index (Phi) is 5.37. The summed E-state index contributed by atoms with van der Waals surface area (Å²) in [5, 5.41) is 0. The van der Waals surface area contributed by atoms with Crippen LogP contribution in [0.5, 0.6) is 11.5 Å². The Morgan fingerprint density at radius 1 is 1.26 bits per heavy atom. The molecule has 106 valence electrons. The van der Waals surface area contributed by atoms with E-state index in [1.54, 1.807) is 12.1 Å². The van der Waals surface area contributed by atoms with Crippen molar-refractivity contribution in [2.45, 2.75) is 6.36 Å². The molecule has 1 aromatic rings. The zero-order chi connectivity index (χ0) is 14.5. The lowest BCUT2D eigenvalue weighted by Crippen LogP contribution is -2.18. The molecule has 4 nitrogen and oxygen atoms in total. The topological polar surface area (TPSA) is 53.7 Å². The summed E-state index contributed by atoms with van der Waals surface area (Å²) in [6, 6.07) is 4.65. The minimum absolute atomic E-state index is 0.185. The van der Waals surface area contributed by atoms with Gasteiger partial charge in [0.2, 0.25) is 0 Å². The number of methoxy groups -OCH3 is 1. The van der Waals surface area contributed by atoms with Gasteiger partial charge in [-0.3, -0.25) is 4.74 Å². The van der Waals surface area contributed by atoms with Crippen molar-refractivity contribution in [2.75, 3.05) is 20.3 Å². The van der Waals surface area contributed by atoms with E-state index in [0.717, 1.165) is 0 Å². The first-order valence-electron chi connectivity index (χ1n) is 5.15. The van der Waals surface area contributed by atoms with Gasteiger partial charge in [0, 0.05) is 5.56 Å². The van der Waals surface area contributed by atoms with Gasteiger partial charge in [0.15, 0.2) is 11.5 Å². The van der Waals surface area contributed by atoms with Crippen LogP contribution in [0.4, 0.5) is 13.2 Å². The van der Waals surface area contributed by atoms with Gasteiger partial charge in [0.05, 0.1) is 13.7 Å². The Hall–Kier alpha value is -1.54. The summed E-state index contributed by atoms with van der Waals surface area (Å²) in [6.45, 7) is -0.869. The maximum atomic E-state index is 11.7. The minimum Gasteiger partial charge on any atom is -0.493 e. The lowest BCUT2D eigenvalue weighted by atomic mass is 10.2. The quantitative estimate of drug-likeness (QED) is 0.644. The van der Waals surface area contributed by atoms with E-state index in [1.807, 2.05) is 0 Å². The average Bonchev–Trinajstić information content (AvgIpc) is 2.33. The molecule has 0 amide bonds. The number of rotatable bonds is 6. The molecule has 0 radical (unpaired) electrons. The van der Waals surface area contributed by atoms with Crippen molar-refractivity contribution in [1.29, 1.82) is 0 Å². The summed E-state index contributed by atoms with van der Waals surface area (Å²) >= 11 is 4.80. The normalized spacial score (nSPS) is 11.2. The molecule has 0 heterocycles. The van der Waals surface area contributed by atoms with Gasteiger partial charge in [-0.05, 0) is 18.2 Å². The van der Waals surface area contributed by atoms with Crippen LogP contribution in [-0.4, -0.2) is 31.7 Å². The number of alkyl halides is 3. The number of hydrogen-bond donors (Lipinski definition) is 1. The van der Waals surface area contributed by atoms with Gasteiger partial charge in [-0.25, -0.2) is 0 Å². The Labute approximate surface area is 113 Å². The molecule has 19 heavy (non-hydrogen) atoms. The average molecular weight is 295 g/mol. The fourth-order valence-electron chi connectivity index (χ4n) is 1.25. The number of halogens is 3. The summed E-state index contributed by atoms with van der Waals surface area (Å²) < 4.78 is 48.9. The molecular weight excluding hydrogens is 283 g/mol. The number of benzene rings is 1. The zero-order valence-electron chi connectivity index (χ0n) is 9.99. The van der Waals surface area contributed by atoms with Gasteiger partial charge in [0.25, 0.3) is 0 Å². The van der Waals surface area contributed by atoms with Crippen LogP contribution in [-0.2, 0) is 4.74 Å². The second-order valence-corrected chi connectivity index (χ2v) is 3.81. The molecule has 1 rings (SSSR count). The fourth-order valence-corrected chi connectivity index (χ4v) is 1.38. The highest BCUT2D eigenvalue weighted by Gasteiger charge is 2.28. The fraction of sp³-hybridized carbons (Fsp3) is 0.364. The molecule has 0 fully saturated rings. The van der Waals surface area contributed by atoms with E-state index in [0.29, 0.717) is 11.3 Å². The van der Waals surface area contributed by atoms with Crippen molar-refractivity contribution in [3.05, 3.63) is 23.8 Å². The van der Waals surface area contributed by atoms with E-state index < -0.39 is 13.0 Å². The van der Waals surface area contributed by atoms with Gasteiger partial charge >= 0.3 is 6.36 Å². The monoisotopic (exact) mass is 295 g/mol. The molecule has 0 saturated heterocycles. The number of nitrogens with two attached hydrogens (primary N) is 1. The summed E-state index contributed by atoms with van der Waals surface area (Å²) in [5.74, 6) is 0.616. The molecule has 1 aromatic carbocycles. The Morgan fingerprint density at radius 3 is 2.47 bits per heavy atom. The van der Waals surface area contributed by atoms with Crippen LogP contribution in [0.1, 0.15) is 5.56 Å². The van der Waals surface area contributed by atoms with Crippen molar-refractivity contribution >= 4 is 17.2 Å². The highest BCUT2D eigenvalue weighted by atomic mass is 32.1. The standard InChI is InChI=1S/C11H12F3NO3S/c1-16-9-6-7(10(15)19)2-3-8(9)17-4-5-18-11(12,13)14/h2-3,6H,4-5H2,1H3,(H2,15,19). The molecule has 0 saturated carbocycles. The second-order valence-electron chi connectivity index (χ2n) is 3.37. The highest BCUT2D eigenvalue weighted by molar-refractivity contribution is 7.80. The molecule has 2 N–H and O–H groups in total. The molecule has 0 spiro atoms. The molecule has 0 aromatic heterocycles. The van der Waals surface area contributed by atoms with Crippen LogP contribution in [0.15, 0.2) is 18.2 Å². The smallest absolute Gasteiger partial charge is 0.493 e. The Balaban J connectivity index is 2.61. The molecule has 0 unspecified atom stereocenters. The van der Waals surface area contributed by atoms with Crippen molar-refractivity contribution < 1.29 is 27.4 Å². The van der Waals surface area contributed by atoms with Crippen molar-refractivity contribution in [2.24, 2.45) is 5.73 Å². The largest absolute Gasteiger partial charge is 0.522 e. The molecular formula is C11H12F3NO3S. The maximum absolute atomic E-state index is 11.7. The van der Waals surface area contributed by atoms with Crippen LogP contribution >= 0.6 is 12.2 Å². The third kappa shape index (κ3) is 5.31. The van der Waals surface area contributed by atoms with E-state index in [1.165, 1.54) is 13.2 Å². The van der Waals surface area contributed by atoms with Gasteiger partial charge in [-0.15, -0.1) is 13.2 Å². The maximum Gasteiger partial charge on any atom is 0.522 e. The zero-order valence-corrected chi connectivity index (χ0v) is 10.8. The summed E-state index contributed by atoms with van der Waals surface area (Å²) in [5.41, 5.74) is 6.02. The van der Waals surface area contributed by atoms with Crippen LogP contribution in [0, 0.1) is 0 Å². The van der Waals surface area contributed by atoms with Crippen LogP contribution < -0.4 is 15.2 Å². The SMILES string of the molecule is COc1cc(C(N)=S)ccc1OCCOC(F)(F)F. The van der Waals surface area contributed by atoms with Gasteiger partial charge in [0.1, 0.15) is 11.6 Å². The molecule has 0 bridgehead atoms. The van der Waals surface area contributed by atoms with Crippen LogP contribution in [0.3, 0.4) is 0 Å². The highest BCUT2D eigenvalue weighted by Crippen LogP contribution is 2.28. The lowest BCUT2D eigenvalue weighted by Gasteiger charge is -2.12. The Morgan fingerprint density at radius 2 is 1.95 bits per heavy atom. The summed E-state index contributed by atoms with van der Waals surface area (Å²) in [6.07, 6.45) is -4.66. The third-order valence-electron chi connectivity index (χ3n) is 2.05. The Bertz CT molecular complexity index is 451. The second kappa shape index (κ2) is 6.58. The summed E-state index contributed by atoms with van der Waals surface area (Å²) in [7, 11) is 1.40.